The molecule has 13 aromatic rings. The number of rotatable bonds is 6. The van der Waals surface area contributed by atoms with Crippen molar-refractivity contribution in [2.75, 3.05) is 9.80 Å². The molecule has 0 N–H and O–H groups in total. The molecule has 0 radical (unpaired) electrons. The highest BCUT2D eigenvalue weighted by atomic mass is 32.2. The molecule has 328 valence electrons. The summed E-state index contributed by atoms with van der Waals surface area (Å²) in [5.74, 6) is 0. The predicted octanol–water partition coefficient (Wildman–Crippen LogP) is 18.9. The highest BCUT2D eigenvalue weighted by Gasteiger charge is 2.50. The van der Waals surface area contributed by atoms with Crippen molar-refractivity contribution in [2.45, 2.75) is 15.2 Å². The molecular weight excluding hydrogens is 889 g/mol. The van der Waals surface area contributed by atoms with Crippen LogP contribution in [0.2, 0.25) is 0 Å². The number of para-hydroxylation sites is 3. The van der Waals surface area contributed by atoms with Crippen molar-refractivity contribution >= 4 is 110 Å². The second kappa shape index (κ2) is 15.3. The molecule has 0 saturated carbocycles. The van der Waals surface area contributed by atoms with Crippen molar-refractivity contribution in [1.29, 1.82) is 0 Å². The Labute approximate surface area is 413 Å². The van der Waals surface area contributed by atoms with Gasteiger partial charge in [0, 0.05) is 80.9 Å². The van der Waals surface area contributed by atoms with Gasteiger partial charge in [-0.3, -0.25) is 0 Å². The quantitative estimate of drug-likeness (QED) is 0.165. The average molecular weight is 929 g/mol. The first-order valence-corrected chi connectivity index (χ1v) is 25.4. The molecule has 15 rings (SSSR count). The SMILES string of the molecule is c1ccc(N(c2ccccc2)c2ccc3c(c2)C2(c4cc5oc6cc(N(c7ccccc7)c7ccc8sc9cc%10ccccc%10cc9c8c7)ccc6c5cc4S3)c3ccccc3-c3ccccc32)cc1. The monoisotopic (exact) mass is 928 g/mol. The van der Waals surface area contributed by atoms with E-state index in [1.165, 1.54) is 74.1 Å². The maximum Gasteiger partial charge on any atom is 0.137 e. The number of nitrogens with zero attached hydrogens (tertiary/aromatic N) is 2. The fourth-order valence-electron chi connectivity index (χ4n) is 11.6. The first-order chi connectivity index (χ1) is 34.7. The zero-order chi connectivity index (χ0) is 45.9. The number of furan rings is 1. The van der Waals surface area contributed by atoms with Crippen LogP contribution in [0.15, 0.2) is 257 Å². The fourth-order valence-corrected chi connectivity index (χ4v) is 14.0. The summed E-state index contributed by atoms with van der Waals surface area (Å²) in [6.45, 7) is 0. The van der Waals surface area contributed by atoms with Gasteiger partial charge in [0.15, 0.2) is 0 Å². The number of hydrogen-bond acceptors (Lipinski definition) is 5. The number of thiophene rings is 1. The van der Waals surface area contributed by atoms with E-state index in [0.29, 0.717) is 0 Å². The van der Waals surface area contributed by atoms with Gasteiger partial charge in [0.2, 0.25) is 0 Å². The Bertz CT molecular complexity index is 4150. The molecule has 3 heterocycles. The van der Waals surface area contributed by atoms with Crippen molar-refractivity contribution in [2.24, 2.45) is 0 Å². The van der Waals surface area contributed by atoms with E-state index in [2.05, 4.69) is 252 Å². The summed E-state index contributed by atoms with van der Waals surface area (Å²) in [6, 6.07) is 89.1. The van der Waals surface area contributed by atoms with Gasteiger partial charge in [-0.1, -0.05) is 139 Å². The van der Waals surface area contributed by atoms with Crippen molar-refractivity contribution in [1.82, 2.24) is 0 Å². The Hall–Kier alpha value is -8.35. The molecule has 3 nitrogen and oxygen atoms in total. The molecule has 0 fully saturated rings. The van der Waals surface area contributed by atoms with E-state index in [1.807, 2.05) is 23.1 Å². The average Bonchev–Trinajstić information content (AvgIpc) is 4.06. The lowest BCUT2D eigenvalue weighted by molar-refractivity contribution is 0.662. The van der Waals surface area contributed by atoms with Gasteiger partial charge in [0.1, 0.15) is 11.2 Å². The fraction of sp³-hybridized carbons (Fsp3) is 0.0154. The third kappa shape index (κ3) is 5.83. The molecule has 1 spiro atoms. The van der Waals surface area contributed by atoms with Gasteiger partial charge >= 0.3 is 0 Å². The van der Waals surface area contributed by atoms with Crippen molar-refractivity contribution in [3.8, 4) is 11.1 Å². The van der Waals surface area contributed by atoms with Crippen molar-refractivity contribution in [3.63, 3.8) is 0 Å². The van der Waals surface area contributed by atoms with Gasteiger partial charge < -0.3 is 14.2 Å². The van der Waals surface area contributed by atoms with Crippen LogP contribution in [0, 0.1) is 0 Å². The molecule has 11 aromatic carbocycles. The normalized spacial score (nSPS) is 13.2. The summed E-state index contributed by atoms with van der Waals surface area (Å²) < 4.78 is 9.73. The molecule has 1 aliphatic carbocycles. The van der Waals surface area contributed by atoms with E-state index in [4.69, 9.17) is 4.42 Å². The van der Waals surface area contributed by atoms with Gasteiger partial charge in [0.05, 0.1) is 5.41 Å². The van der Waals surface area contributed by atoms with Crippen LogP contribution < -0.4 is 9.80 Å². The summed E-state index contributed by atoms with van der Waals surface area (Å²) >= 11 is 3.73. The standard InChI is InChI=1S/C65H40N2OS2/c1-4-18-43(19-5-1)66(44-20-6-2-7-21-44)47-30-33-62-57(37-47)65(55-26-14-12-24-49(55)50-25-13-15-27-56(50)65)58-40-60-52(39-64(58)70-62)51-31-28-48(38-59(51)68-60)67(45-22-8-3-9-23-45)46-29-32-61-54(36-46)53-34-41-16-10-11-17-42(41)35-63(53)69-61/h1-40H. The molecule has 0 atom stereocenters. The highest BCUT2D eigenvalue weighted by Crippen LogP contribution is 2.63. The zero-order valence-corrected chi connectivity index (χ0v) is 39.3. The molecule has 0 saturated heterocycles. The van der Waals surface area contributed by atoms with Crippen LogP contribution in [-0.2, 0) is 5.41 Å². The van der Waals surface area contributed by atoms with Gasteiger partial charge in [-0.15, -0.1) is 11.3 Å². The summed E-state index contributed by atoms with van der Waals surface area (Å²) in [5.41, 5.74) is 15.4. The molecule has 2 aromatic heterocycles. The van der Waals surface area contributed by atoms with Crippen LogP contribution >= 0.6 is 23.1 Å². The van der Waals surface area contributed by atoms with E-state index in [-0.39, 0.29) is 0 Å². The Kier molecular flexibility index (Phi) is 8.68. The summed E-state index contributed by atoms with van der Waals surface area (Å²) in [6.07, 6.45) is 0. The van der Waals surface area contributed by atoms with E-state index in [0.717, 1.165) is 56.1 Å². The molecule has 5 heteroatoms. The van der Waals surface area contributed by atoms with Crippen molar-refractivity contribution < 1.29 is 4.42 Å². The Morgan fingerprint density at radius 2 is 0.829 bits per heavy atom. The third-order valence-electron chi connectivity index (χ3n) is 14.6. The number of fused-ring (bicyclic) bond motifs is 16. The third-order valence-corrected chi connectivity index (χ3v) is 16.9. The summed E-state index contributed by atoms with van der Waals surface area (Å²) in [5, 5.41) is 7.30. The van der Waals surface area contributed by atoms with Crippen LogP contribution in [-0.4, -0.2) is 0 Å². The molecule has 2 aliphatic rings. The molecule has 0 amide bonds. The van der Waals surface area contributed by atoms with Gasteiger partial charge in [-0.25, -0.2) is 0 Å². The number of benzene rings is 11. The highest BCUT2D eigenvalue weighted by molar-refractivity contribution is 7.99. The second-order valence-corrected chi connectivity index (χ2v) is 20.6. The predicted molar refractivity (Wildman–Crippen MR) is 295 cm³/mol. The summed E-state index contributed by atoms with van der Waals surface area (Å²) in [4.78, 5) is 7.23. The lowest BCUT2D eigenvalue weighted by Gasteiger charge is -2.40. The Balaban J connectivity index is 0.922. The minimum atomic E-state index is -0.600. The lowest BCUT2D eigenvalue weighted by Crippen LogP contribution is -2.32. The minimum Gasteiger partial charge on any atom is -0.456 e. The van der Waals surface area contributed by atoms with E-state index >= 15 is 0 Å². The Morgan fingerprint density at radius 3 is 1.51 bits per heavy atom. The maximum absolute atomic E-state index is 7.14. The van der Waals surface area contributed by atoms with Crippen LogP contribution in [0.25, 0.3) is 64.0 Å². The van der Waals surface area contributed by atoms with Gasteiger partial charge in [-0.05, 0) is 153 Å². The number of anilines is 6. The molecular formula is C65H40N2OS2. The van der Waals surface area contributed by atoms with Crippen molar-refractivity contribution in [3.05, 3.63) is 265 Å². The molecule has 0 unspecified atom stereocenters. The first-order valence-electron chi connectivity index (χ1n) is 23.8. The van der Waals surface area contributed by atoms with Gasteiger partial charge in [0.25, 0.3) is 0 Å². The first kappa shape index (κ1) is 39.6. The Morgan fingerprint density at radius 1 is 0.314 bits per heavy atom. The topological polar surface area (TPSA) is 19.6 Å². The minimum absolute atomic E-state index is 0.600. The van der Waals surface area contributed by atoms with Crippen LogP contribution in [0.5, 0.6) is 0 Å². The molecule has 1 aliphatic heterocycles. The summed E-state index contributed by atoms with van der Waals surface area (Å²) in [7, 11) is 0. The van der Waals surface area contributed by atoms with Crippen LogP contribution in [0.1, 0.15) is 22.3 Å². The smallest absolute Gasteiger partial charge is 0.137 e. The van der Waals surface area contributed by atoms with Crippen LogP contribution in [0.4, 0.5) is 34.1 Å². The van der Waals surface area contributed by atoms with E-state index in [9.17, 15) is 0 Å². The van der Waals surface area contributed by atoms with Crippen LogP contribution in [0.3, 0.4) is 0 Å². The zero-order valence-electron chi connectivity index (χ0n) is 37.7. The lowest BCUT2D eigenvalue weighted by atomic mass is 9.67. The molecule has 0 bridgehead atoms. The maximum atomic E-state index is 7.14. The van der Waals surface area contributed by atoms with Gasteiger partial charge in [-0.2, -0.15) is 0 Å². The largest absolute Gasteiger partial charge is 0.456 e. The van der Waals surface area contributed by atoms with E-state index < -0.39 is 5.41 Å². The van der Waals surface area contributed by atoms with E-state index in [1.54, 1.807) is 0 Å². The number of hydrogen-bond donors (Lipinski definition) is 0. The second-order valence-electron chi connectivity index (χ2n) is 18.4. The molecule has 70 heavy (non-hydrogen) atoms.